The molecule has 1 aromatic rings. The Morgan fingerprint density at radius 1 is 1.59 bits per heavy atom. The Hall–Kier alpha value is -2.68. The van der Waals surface area contributed by atoms with Gasteiger partial charge in [-0.25, -0.2) is 0 Å². The summed E-state index contributed by atoms with van der Waals surface area (Å²) >= 11 is 0. The van der Waals surface area contributed by atoms with E-state index in [0.717, 1.165) is 0 Å². The molecule has 6 nitrogen and oxygen atoms in total. The van der Waals surface area contributed by atoms with Crippen molar-refractivity contribution in [1.29, 1.82) is 5.26 Å². The van der Waals surface area contributed by atoms with E-state index in [1.54, 1.807) is 12.1 Å². The Kier molecular flexibility index (Phi) is 4.39. The molecule has 0 radical (unpaired) electrons. The van der Waals surface area contributed by atoms with Crippen LogP contribution < -0.4 is 5.32 Å². The fraction of sp³-hybridized carbons (Fsp3) is 0.0909. The fourth-order valence-electron chi connectivity index (χ4n) is 1.10. The summed E-state index contributed by atoms with van der Waals surface area (Å²) in [6, 6.07) is 7.66. The lowest BCUT2D eigenvalue weighted by atomic mass is 10.2. The molecular formula is C11H9N3O3. The van der Waals surface area contributed by atoms with Gasteiger partial charge in [0.1, 0.15) is 6.54 Å². The van der Waals surface area contributed by atoms with Crippen LogP contribution >= 0.6 is 0 Å². The second-order valence-electron chi connectivity index (χ2n) is 3.06. The first-order valence-corrected chi connectivity index (χ1v) is 4.71. The summed E-state index contributed by atoms with van der Waals surface area (Å²) in [5.41, 5.74) is 0.510. The lowest BCUT2D eigenvalue weighted by Crippen LogP contribution is -2.20. The predicted molar refractivity (Wildman–Crippen MR) is 60.8 cm³/mol. The van der Waals surface area contributed by atoms with Gasteiger partial charge in [-0.1, -0.05) is 12.1 Å². The molecule has 0 aliphatic carbocycles. The van der Waals surface area contributed by atoms with Crippen LogP contribution in [-0.4, -0.2) is 17.4 Å². The number of benzene rings is 1. The van der Waals surface area contributed by atoms with Crippen LogP contribution in [0.2, 0.25) is 0 Å². The summed E-state index contributed by atoms with van der Waals surface area (Å²) in [7, 11) is 0. The zero-order chi connectivity index (χ0) is 12.7. The van der Waals surface area contributed by atoms with Crippen molar-refractivity contribution >= 4 is 17.7 Å². The summed E-state index contributed by atoms with van der Waals surface area (Å²) in [4.78, 5) is 21.1. The van der Waals surface area contributed by atoms with Gasteiger partial charge in [0, 0.05) is 18.2 Å². The molecule has 0 aromatic heterocycles. The van der Waals surface area contributed by atoms with E-state index >= 15 is 0 Å². The predicted octanol–water partition coefficient (Wildman–Crippen LogP) is 1.25. The van der Waals surface area contributed by atoms with Crippen molar-refractivity contribution in [3.8, 4) is 6.07 Å². The Labute approximate surface area is 97.3 Å². The highest BCUT2D eigenvalue weighted by Crippen LogP contribution is 2.13. The summed E-state index contributed by atoms with van der Waals surface area (Å²) in [6.07, 6.45) is 2.66. The molecule has 0 saturated heterocycles. The average Bonchev–Trinajstić information content (AvgIpc) is 2.34. The molecule has 86 valence electrons. The maximum atomic E-state index is 11.1. The molecule has 6 heteroatoms. The first-order valence-electron chi connectivity index (χ1n) is 4.71. The van der Waals surface area contributed by atoms with Crippen LogP contribution in [0, 0.1) is 21.4 Å². The second-order valence-corrected chi connectivity index (χ2v) is 3.06. The molecule has 0 spiro atoms. The van der Waals surface area contributed by atoms with Crippen molar-refractivity contribution in [2.24, 2.45) is 0 Å². The number of rotatable bonds is 4. The van der Waals surface area contributed by atoms with Crippen LogP contribution in [0.1, 0.15) is 5.56 Å². The highest BCUT2D eigenvalue weighted by molar-refractivity contribution is 5.91. The van der Waals surface area contributed by atoms with E-state index < -0.39 is 10.8 Å². The second kappa shape index (κ2) is 6.02. The van der Waals surface area contributed by atoms with Crippen molar-refractivity contribution in [2.45, 2.75) is 0 Å². The molecule has 1 amide bonds. The number of hydrogen-bond acceptors (Lipinski definition) is 4. The highest BCUT2D eigenvalue weighted by Gasteiger charge is 2.03. The van der Waals surface area contributed by atoms with E-state index in [2.05, 4.69) is 5.32 Å². The van der Waals surface area contributed by atoms with Crippen molar-refractivity contribution in [1.82, 2.24) is 5.32 Å². The molecule has 1 aromatic carbocycles. The van der Waals surface area contributed by atoms with Gasteiger partial charge in [-0.15, -0.1) is 0 Å². The van der Waals surface area contributed by atoms with E-state index in [0.29, 0.717) is 5.56 Å². The van der Waals surface area contributed by atoms with Gasteiger partial charge in [0.2, 0.25) is 5.91 Å². The normalized spacial score (nSPS) is 9.82. The number of nitrogens with zero attached hydrogens (tertiary/aromatic N) is 2. The molecule has 1 rings (SSSR count). The number of carbonyl (C=O) groups excluding carboxylic acids is 1. The van der Waals surface area contributed by atoms with E-state index in [1.807, 2.05) is 0 Å². The van der Waals surface area contributed by atoms with E-state index in [9.17, 15) is 14.9 Å². The number of hydrogen-bond donors (Lipinski definition) is 1. The van der Waals surface area contributed by atoms with Gasteiger partial charge < -0.3 is 5.32 Å². The number of nitriles is 1. The Bertz CT molecular complexity index is 503. The Morgan fingerprint density at radius 3 is 3.00 bits per heavy atom. The van der Waals surface area contributed by atoms with Gasteiger partial charge in [0.25, 0.3) is 5.69 Å². The van der Waals surface area contributed by atoms with Gasteiger partial charge in [-0.05, 0) is 11.6 Å². The average molecular weight is 231 g/mol. The molecule has 0 aliphatic heterocycles. The van der Waals surface area contributed by atoms with E-state index in [-0.39, 0.29) is 12.2 Å². The van der Waals surface area contributed by atoms with Crippen LogP contribution in [0.4, 0.5) is 5.69 Å². The first-order chi connectivity index (χ1) is 8.13. The maximum Gasteiger partial charge on any atom is 0.270 e. The SMILES string of the molecule is N#CCNC(=O)C=Cc1cccc([N+](=O)[O-])c1. The van der Waals surface area contributed by atoms with Gasteiger partial charge in [0.15, 0.2) is 0 Å². The monoisotopic (exact) mass is 231 g/mol. The van der Waals surface area contributed by atoms with Crippen LogP contribution in [0.15, 0.2) is 30.3 Å². The summed E-state index contributed by atoms with van der Waals surface area (Å²) in [5.74, 6) is -0.418. The standard InChI is InChI=1S/C11H9N3O3/c12-6-7-13-11(15)5-4-9-2-1-3-10(8-9)14(16)17/h1-5,8H,7H2,(H,13,15). The van der Waals surface area contributed by atoms with Crippen molar-refractivity contribution in [3.63, 3.8) is 0 Å². The van der Waals surface area contributed by atoms with Gasteiger partial charge in [-0.3, -0.25) is 14.9 Å². The minimum Gasteiger partial charge on any atom is -0.339 e. The summed E-state index contributed by atoms with van der Waals surface area (Å²) in [5, 5.41) is 21.1. The van der Waals surface area contributed by atoms with Gasteiger partial charge in [0.05, 0.1) is 11.0 Å². The van der Waals surface area contributed by atoms with Gasteiger partial charge >= 0.3 is 0 Å². The van der Waals surface area contributed by atoms with Crippen molar-refractivity contribution in [3.05, 3.63) is 46.0 Å². The van der Waals surface area contributed by atoms with Crippen molar-refractivity contribution in [2.75, 3.05) is 6.54 Å². The molecule has 0 atom stereocenters. The molecular weight excluding hydrogens is 222 g/mol. The molecule has 0 aliphatic rings. The quantitative estimate of drug-likeness (QED) is 0.365. The molecule has 0 saturated carbocycles. The molecule has 0 unspecified atom stereocenters. The molecule has 0 fully saturated rings. The highest BCUT2D eigenvalue weighted by atomic mass is 16.6. The molecule has 0 bridgehead atoms. The minimum atomic E-state index is -0.507. The smallest absolute Gasteiger partial charge is 0.270 e. The third-order valence-corrected chi connectivity index (χ3v) is 1.85. The summed E-state index contributed by atoms with van der Waals surface area (Å²) < 4.78 is 0. The van der Waals surface area contributed by atoms with Crippen LogP contribution in [0.5, 0.6) is 0 Å². The van der Waals surface area contributed by atoms with Crippen LogP contribution in [-0.2, 0) is 4.79 Å². The van der Waals surface area contributed by atoms with E-state index in [1.165, 1.54) is 30.4 Å². The zero-order valence-corrected chi connectivity index (χ0v) is 8.79. The zero-order valence-electron chi connectivity index (χ0n) is 8.79. The number of non-ortho nitro benzene ring substituents is 1. The summed E-state index contributed by atoms with van der Waals surface area (Å²) in [6.45, 7) is -0.0713. The first kappa shape index (κ1) is 12.4. The largest absolute Gasteiger partial charge is 0.339 e. The van der Waals surface area contributed by atoms with Gasteiger partial charge in [-0.2, -0.15) is 5.26 Å². The third-order valence-electron chi connectivity index (χ3n) is 1.85. The Balaban J connectivity index is 2.72. The van der Waals surface area contributed by atoms with Crippen molar-refractivity contribution < 1.29 is 9.72 Å². The maximum absolute atomic E-state index is 11.1. The lowest BCUT2D eigenvalue weighted by Gasteiger charge is -1.95. The molecule has 1 N–H and O–H groups in total. The Morgan fingerprint density at radius 2 is 2.35 bits per heavy atom. The molecule has 0 heterocycles. The minimum absolute atomic E-state index is 0.0374. The molecule has 17 heavy (non-hydrogen) atoms. The third kappa shape index (κ3) is 4.13. The number of carbonyl (C=O) groups is 1. The number of amides is 1. The lowest BCUT2D eigenvalue weighted by molar-refractivity contribution is -0.384. The number of nitro groups is 1. The van der Waals surface area contributed by atoms with E-state index in [4.69, 9.17) is 5.26 Å². The number of nitro benzene ring substituents is 1. The fourth-order valence-corrected chi connectivity index (χ4v) is 1.10. The van der Waals surface area contributed by atoms with Crippen LogP contribution in [0.3, 0.4) is 0 Å². The number of nitrogens with one attached hydrogen (secondary N) is 1. The van der Waals surface area contributed by atoms with Crippen LogP contribution in [0.25, 0.3) is 6.08 Å². The topological polar surface area (TPSA) is 96.0 Å².